The smallest absolute Gasteiger partial charge is 0.224 e. The third-order valence-corrected chi connectivity index (χ3v) is 3.68. The van der Waals surface area contributed by atoms with E-state index in [9.17, 15) is 14.3 Å². The van der Waals surface area contributed by atoms with Gasteiger partial charge in [-0.15, -0.1) is 0 Å². The Hall–Kier alpha value is -1.42. The van der Waals surface area contributed by atoms with E-state index in [0.29, 0.717) is 12.1 Å². The van der Waals surface area contributed by atoms with Crippen molar-refractivity contribution in [2.75, 3.05) is 6.54 Å². The second kappa shape index (κ2) is 6.66. The maximum Gasteiger partial charge on any atom is 0.224 e. The highest BCUT2D eigenvalue weighted by atomic mass is 19.1. The lowest BCUT2D eigenvalue weighted by molar-refractivity contribution is -0.120. The van der Waals surface area contributed by atoms with Gasteiger partial charge in [-0.3, -0.25) is 4.79 Å². The molecule has 2 atom stereocenters. The van der Waals surface area contributed by atoms with Gasteiger partial charge in [-0.25, -0.2) is 4.39 Å². The molecule has 1 saturated carbocycles. The number of hydrogen-bond donors (Lipinski definition) is 2. The van der Waals surface area contributed by atoms with Crippen LogP contribution in [0.15, 0.2) is 24.3 Å². The fraction of sp³-hybridized carbons (Fsp3) is 0.533. The number of rotatable bonds is 4. The highest BCUT2D eigenvalue weighted by Gasteiger charge is 2.23. The molecule has 0 radical (unpaired) electrons. The van der Waals surface area contributed by atoms with Gasteiger partial charge in [0.15, 0.2) is 0 Å². The van der Waals surface area contributed by atoms with Crippen LogP contribution in [0.4, 0.5) is 4.39 Å². The molecule has 0 aromatic heterocycles. The third kappa shape index (κ3) is 4.31. The number of amides is 1. The maximum atomic E-state index is 13.0. The molecule has 0 bridgehead atoms. The molecular formula is C15H20FNO2. The van der Waals surface area contributed by atoms with Crippen molar-refractivity contribution in [3.05, 3.63) is 35.6 Å². The number of hydrogen-bond acceptors (Lipinski definition) is 2. The molecule has 1 aromatic rings. The fourth-order valence-electron chi connectivity index (χ4n) is 2.57. The first-order chi connectivity index (χ1) is 9.15. The van der Waals surface area contributed by atoms with Crippen LogP contribution in [0, 0.1) is 11.7 Å². The van der Waals surface area contributed by atoms with E-state index in [2.05, 4.69) is 5.32 Å². The van der Waals surface area contributed by atoms with Gasteiger partial charge >= 0.3 is 0 Å². The predicted molar refractivity (Wildman–Crippen MR) is 71.1 cm³/mol. The van der Waals surface area contributed by atoms with Crippen LogP contribution in [0.3, 0.4) is 0 Å². The Labute approximate surface area is 112 Å². The number of nitrogens with one attached hydrogen (secondary N) is 1. The van der Waals surface area contributed by atoms with Crippen molar-refractivity contribution in [2.24, 2.45) is 5.92 Å². The highest BCUT2D eigenvalue weighted by molar-refractivity contribution is 5.78. The zero-order valence-corrected chi connectivity index (χ0v) is 10.9. The molecule has 3 nitrogen and oxygen atoms in total. The van der Waals surface area contributed by atoms with Gasteiger partial charge in [-0.05, 0) is 30.5 Å². The van der Waals surface area contributed by atoms with Gasteiger partial charge in [0.1, 0.15) is 5.82 Å². The van der Waals surface area contributed by atoms with E-state index in [1.165, 1.54) is 12.1 Å². The third-order valence-electron chi connectivity index (χ3n) is 3.68. The summed E-state index contributed by atoms with van der Waals surface area (Å²) < 4.78 is 13.0. The summed E-state index contributed by atoms with van der Waals surface area (Å²) in [5, 5.41) is 12.6. The molecule has 0 aliphatic heterocycles. The minimum Gasteiger partial charge on any atom is -0.393 e. The lowest BCUT2D eigenvalue weighted by Crippen LogP contribution is -2.37. The van der Waals surface area contributed by atoms with Crippen LogP contribution in [0.5, 0.6) is 0 Å². The summed E-state index contributed by atoms with van der Waals surface area (Å²) in [5.41, 5.74) is 0.668. The first-order valence-corrected chi connectivity index (χ1v) is 6.84. The highest BCUT2D eigenvalue weighted by Crippen LogP contribution is 2.23. The van der Waals surface area contributed by atoms with Gasteiger partial charge in [0, 0.05) is 12.5 Å². The lowest BCUT2D eigenvalue weighted by atomic mass is 9.86. The molecule has 0 saturated heterocycles. The molecule has 0 heterocycles. The molecule has 1 fully saturated rings. The zero-order valence-electron chi connectivity index (χ0n) is 10.9. The first-order valence-electron chi connectivity index (χ1n) is 6.84. The second-order valence-corrected chi connectivity index (χ2v) is 5.22. The molecule has 0 spiro atoms. The normalized spacial score (nSPS) is 23.1. The van der Waals surface area contributed by atoms with Crippen molar-refractivity contribution in [1.82, 2.24) is 5.32 Å². The van der Waals surface area contributed by atoms with Gasteiger partial charge in [-0.2, -0.15) is 0 Å². The average Bonchev–Trinajstić information content (AvgIpc) is 2.38. The number of aliphatic hydroxyl groups excluding tert-OH is 1. The summed E-state index contributed by atoms with van der Waals surface area (Å²) in [4.78, 5) is 11.8. The van der Waals surface area contributed by atoms with Crippen LogP contribution in [0.2, 0.25) is 0 Å². The molecule has 1 aliphatic rings. The minimum absolute atomic E-state index is 0.122. The first kappa shape index (κ1) is 14.0. The van der Waals surface area contributed by atoms with Gasteiger partial charge in [0.05, 0.1) is 12.5 Å². The summed E-state index contributed by atoms with van der Waals surface area (Å²) in [6.45, 7) is 0.509. The number of aliphatic hydroxyl groups is 1. The standard InChI is InChI=1S/C15H20FNO2/c16-13-6-3-4-11(8-13)9-15(19)17-10-12-5-1-2-7-14(12)18/h3-4,6,8,12,14,18H,1-2,5,7,9-10H2,(H,17,19). The van der Waals surface area contributed by atoms with E-state index < -0.39 is 0 Å². The summed E-state index contributed by atoms with van der Waals surface area (Å²) in [5.74, 6) is -0.290. The maximum absolute atomic E-state index is 13.0. The monoisotopic (exact) mass is 265 g/mol. The van der Waals surface area contributed by atoms with Crippen LogP contribution in [0.25, 0.3) is 0 Å². The quantitative estimate of drug-likeness (QED) is 0.875. The molecule has 4 heteroatoms. The summed E-state index contributed by atoms with van der Waals surface area (Å²) in [6.07, 6.45) is 3.84. The van der Waals surface area contributed by atoms with Crippen molar-refractivity contribution in [3.8, 4) is 0 Å². The summed E-state index contributed by atoms with van der Waals surface area (Å²) in [7, 11) is 0. The van der Waals surface area contributed by atoms with Crippen LogP contribution in [-0.2, 0) is 11.2 Å². The largest absolute Gasteiger partial charge is 0.393 e. The molecule has 2 unspecified atom stereocenters. The number of carbonyl (C=O) groups excluding carboxylic acids is 1. The van der Waals surface area contributed by atoms with Crippen molar-refractivity contribution in [1.29, 1.82) is 0 Å². The van der Waals surface area contributed by atoms with Crippen LogP contribution >= 0.6 is 0 Å². The Bertz CT molecular complexity index is 436. The van der Waals surface area contributed by atoms with E-state index in [0.717, 1.165) is 25.7 Å². The summed E-state index contributed by atoms with van der Waals surface area (Å²) in [6, 6.07) is 6.07. The minimum atomic E-state index is -0.326. The van der Waals surface area contributed by atoms with Crippen molar-refractivity contribution in [3.63, 3.8) is 0 Å². The Morgan fingerprint density at radius 3 is 2.89 bits per heavy atom. The van der Waals surface area contributed by atoms with Crippen molar-refractivity contribution < 1.29 is 14.3 Å². The summed E-state index contributed by atoms with van der Waals surface area (Å²) >= 11 is 0. The number of carbonyl (C=O) groups is 1. The predicted octanol–water partition coefficient (Wildman–Crippen LogP) is 2.04. The van der Waals surface area contributed by atoms with E-state index in [1.807, 2.05) is 0 Å². The van der Waals surface area contributed by atoms with Crippen LogP contribution in [0.1, 0.15) is 31.2 Å². The lowest BCUT2D eigenvalue weighted by Gasteiger charge is -2.27. The Morgan fingerprint density at radius 1 is 1.37 bits per heavy atom. The van der Waals surface area contributed by atoms with Crippen molar-refractivity contribution in [2.45, 2.75) is 38.2 Å². The fourth-order valence-corrected chi connectivity index (χ4v) is 2.57. The van der Waals surface area contributed by atoms with Gasteiger partial charge in [-0.1, -0.05) is 25.0 Å². The molecule has 2 rings (SSSR count). The molecule has 1 aromatic carbocycles. The average molecular weight is 265 g/mol. The molecule has 104 valence electrons. The van der Waals surface area contributed by atoms with E-state index in [-0.39, 0.29) is 30.2 Å². The van der Waals surface area contributed by atoms with Crippen LogP contribution in [-0.4, -0.2) is 23.7 Å². The topological polar surface area (TPSA) is 49.3 Å². The Morgan fingerprint density at radius 2 is 2.16 bits per heavy atom. The van der Waals surface area contributed by atoms with E-state index in [4.69, 9.17) is 0 Å². The Balaban J connectivity index is 1.78. The van der Waals surface area contributed by atoms with Gasteiger partial charge < -0.3 is 10.4 Å². The second-order valence-electron chi connectivity index (χ2n) is 5.22. The van der Waals surface area contributed by atoms with Crippen molar-refractivity contribution >= 4 is 5.91 Å². The Kier molecular flexibility index (Phi) is 4.91. The molecule has 1 aliphatic carbocycles. The van der Waals surface area contributed by atoms with E-state index >= 15 is 0 Å². The van der Waals surface area contributed by atoms with Crippen LogP contribution < -0.4 is 5.32 Å². The molecular weight excluding hydrogens is 245 g/mol. The SMILES string of the molecule is O=C(Cc1cccc(F)c1)NCC1CCCCC1O. The number of benzene rings is 1. The number of halogens is 1. The molecule has 2 N–H and O–H groups in total. The molecule has 1 amide bonds. The molecule has 19 heavy (non-hydrogen) atoms. The zero-order chi connectivity index (χ0) is 13.7. The van der Waals surface area contributed by atoms with E-state index in [1.54, 1.807) is 12.1 Å². The van der Waals surface area contributed by atoms with Gasteiger partial charge in [0.25, 0.3) is 0 Å². The van der Waals surface area contributed by atoms with Gasteiger partial charge in [0.2, 0.25) is 5.91 Å².